The lowest BCUT2D eigenvalue weighted by Gasteiger charge is -2.43. The molecule has 2 aliphatic heterocycles. The lowest BCUT2D eigenvalue weighted by atomic mass is 9.71. The van der Waals surface area contributed by atoms with Gasteiger partial charge in [-0.3, -0.25) is 19.7 Å². The number of rotatable bonds is 6. The molecule has 3 aliphatic rings. The zero-order valence-corrected chi connectivity index (χ0v) is 15.7. The molecule has 1 saturated heterocycles. The summed E-state index contributed by atoms with van der Waals surface area (Å²) in [4.78, 5) is 37.9. The predicted molar refractivity (Wildman–Crippen MR) is 101 cm³/mol. The Morgan fingerprint density at radius 1 is 1.29 bits per heavy atom. The van der Waals surface area contributed by atoms with E-state index in [-0.39, 0.29) is 18.2 Å². The van der Waals surface area contributed by atoms with Gasteiger partial charge >= 0.3 is 0 Å². The average molecular weight is 386 g/mol. The van der Waals surface area contributed by atoms with Gasteiger partial charge in [0.1, 0.15) is 6.04 Å². The van der Waals surface area contributed by atoms with Gasteiger partial charge in [-0.05, 0) is 48.9 Å². The van der Waals surface area contributed by atoms with Crippen LogP contribution in [0.4, 0.5) is 0 Å². The molecule has 1 atom stereocenters. The minimum atomic E-state index is -0.698. The van der Waals surface area contributed by atoms with Crippen molar-refractivity contribution in [2.24, 2.45) is 11.7 Å². The van der Waals surface area contributed by atoms with Crippen LogP contribution in [-0.2, 0) is 22.7 Å². The smallest absolute Gasteiger partial charge is 0.255 e. The quantitative estimate of drug-likeness (QED) is 0.495. The maximum atomic E-state index is 12.8. The van der Waals surface area contributed by atoms with Crippen LogP contribution in [0, 0.1) is 5.92 Å². The maximum absolute atomic E-state index is 12.8. The third-order valence-electron chi connectivity index (χ3n) is 6.12. The van der Waals surface area contributed by atoms with E-state index in [0.29, 0.717) is 56.9 Å². The molecule has 1 aromatic rings. The van der Waals surface area contributed by atoms with Crippen LogP contribution in [-0.4, -0.2) is 52.5 Å². The number of hydrogen-bond donors (Lipinski definition) is 4. The Kier molecular flexibility index (Phi) is 4.95. The van der Waals surface area contributed by atoms with Gasteiger partial charge < -0.3 is 21.1 Å². The zero-order valence-electron chi connectivity index (χ0n) is 15.7. The van der Waals surface area contributed by atoms with Crippen LogP contribution in [0.2, 0.25) is 0 Å². The monoisotopic (exact) mass is 386 g/mol. The van der Waals surface area contributed by atoms with E-state index in [9.17, 15) is 19.5 Å². The normalized spacial score (nSPS) is 29.5. The molecule has 5 N–H and O–H groups in total. The summed E-state index contributed by atoms with van der Waals surface area (Å²) in [5, 5.41) is 16.1. The van der Waals surface area contributed by atoms with Crippen molar-refractivity contribution >= 4 is 17.7 Å². The highest BCUT2D eigenvalue weighted by molar-refractivity contribution is 6.05. The summed E-state index contributed by atoms with van der Waals surface area (Å²) >= 11 is 0. The van der Waals surface area contributed by atoms with Crippen molar-refractivity contribution in [1.29, 1.82) is 0 Å². The molecule has 0 spiro atoms. The van der Waals surface area contributed by atoms with Gasteiger partial charge in [-0.15, -0.1) is 0 Å². The second kappa shape index (κ2) is 7.27. The van der Waals surface area contributed by atoms with Crippen LogP contribution in [0.15, 0.2) is 18.2 Å². The fourth-order valence-corrected chi connectivity index (χ4v) is 4.57. The second-order valence-corrected chi connectivity index (χ2v) is 8.18. The molecule has 28 heavy (non-hydrogen) atoms. The number of carbonyl (C=O) groups excluding carboxylic acids is 3. The highest BCUT2D eigenvalue weighted by atomic mass is 16.3. The number of piperidine rings is 1. The highest BCUT2D eigenvalue weighted by Gasteiger charge is 2.42. The maximum Gasteiger partial charge on any atom is 0.255 e. The van der Waals surface area contributed by atoms with Crippen LogP contribution in [0.1, 0.15) is 47.2 Å². The molecule has 3 amide bonds. The fourth-order valence-electron chi connectivity index (χ4n) is 4.57. The summed E-state index contributed by atoms with van der Waals surface area (Å²) in [6.07, 6.45) is 2.02. The van der Waals surface area contributed by atoms with Gasteiger partial charge in [0.2, 0.25) is 11.8 Å². The number of nitrogens with one attached hydrogen (secondary N) is 2. The first-order valence-corrected chi connectivity index (χ1v) is 9.79. The van der Waals surface area contributed by atoms with Crippen molar-refractivity contribution in [3.8, 4) is 0 Å². The molecule has 2 heterocycles. The Morgan fingerprint density at radius 3 is 2.79 bits per heavy atom. The Labute approximate surface area is 163 Å². The van der Waals surface area contributed by atoms with Gasteiger partial charge in [0.05, 0.1) is 5.60 Å². The molecule has 0 aromatic heterocycles. The molecule has 150 valence electrons. The molecule has 1 aromatic carbocycles. The highest BCUT2D eigenvalue weighted by Crippen LogP contribution is 2.36. The molecule has 0 bridgehead atoms. The number of fused-ring (bicyclic) bond motifs is 1. The van der Waals surface area contributed by atoms with Crippen molar-refractivity contribution in [2.75, 3.05) is 13.1 Å². The van der Waals surface area contributed by atoms with Crippen molar-refractivity contribution in [2.45, 2.75) is 50.4 Å². The molecular formula is C20H26N4O4. The largest absolute Gasteiger partial charge is 0.389 e. The number of aliphatic hydroxyl groups is 1. The van der Waals surface area contributed by atoms with Gasteiger partial charge in [0.15, 0.2) is 0 Å². The van der Waals surface area contributed by atoms with E-state index in [0.717, 1.165) is 11.1 Å². The van der Waals surface area contributed by atoms with Crippen molar-refractivity contribution < 1.29 is 19.5 Å². The summed E-state index contributed by atoms with van der Waals surface area (Å²) < 4.78 is 0. The van der Waals surface area contributed by atoms with Crippen LogP contribution in [0.5, 0.6) is 0 Å². The lowest BCUT2D eigenvalue weighted by molar-refractivity contribution is -0.136. The van der Waals surface area contributed by atoms with Crippen molar-refractivity contribution in [3.05, 3.63) is 34.9 Å². The summed E-state index contributed by atoms with van der Waals surface area (Å²) in [5.41, 5.74) is 7.43. The minimum Gasteiger partial charge on any atom is -0.389 e. The number of nitrogens with two attached hydrogens (primary N) is 1. The first-order valence-electron chi connectivity index (χ1n) is 9.79. The van der Waals surface area contributed by atoms with Gasteiger partial charge in [-0.1, -0.05) is 12.1 Å². The summed E-state index contributed by atoms with van der Waals surface area (Å²) in [6, 6.07) is 4.96. The number of carbonyl (C=O) groups is 3. The summed E-state index contributed by atoms with van der Waals surface area (Å²) in [7, 11) is 0. The Morgan fingerprint density at radius 2 is 2.07 bits per heavy atom. The van der Waals surface area contributed by atoms with Gasteiger partial charge in [-0.25, -0.2) is 0 Å². The number of hydrogen-bond acceptors (Lipinski definition) is 6. The summed E-state index contributed by atoms with van der Waals surface area (Å²) in [5.74, 6) is -0.470. The lowest BCUT2D eigenvalue weighted by Crippen LogP contribution is -2.52. The Balaban J connectivity index is 1.41. The molecule has 8 heteroatoms. The number of amides is 3. The van der Waals surface area contributed by atoms with Crippen LogP contribution in [0.25, 0.3) is 0 Å². The van der Waals surface area contributed by atoms with Gasteiger partial charge in [0, 0.05) is 31.6 Å². The molecule has 1 saturated carbocycles. The van der Waals surface area contributed by atoms with Crippen LogP contribution < -0.4 is 16.4 Å². The zero-order chi connectivity index (χ0) is 19.9. The SMILES string of the molecule is NCC1CC(O)(CNCc2cccc3c2CN(C2CCC(=O)NC2=O)C3=O)C1. The standard InChI is InChI=1S/C20H26N4O4/c21-8-12-6-20(28,7-12)11-22-9-13-2-1-3-14-15(13)10-24(19(14)27)16-4-5-17(25)23-18(16)26/h1-3,12,16,22,28H,4-11,21H2,(H,23,25,26). The fraction of sp³-hybridized carbons (Fsp3) is 0.550. The van der Waals surface area contributed by atoms with E-state index in [4.69, 9.17) is 5.73 Å². The Hall–Kier alpha value is -2.29. The van der Waals surface area contributed by atoms with Crippen LogP contribution in [0.3, 0.4) is 0 Å². The third kappa shape index (κ3) is 3.43. The molecular weight excluding hydrogens is 360 g/mol. The molecule has 1 aliphatic carbocycles. The Bertz CT molecular complexity index is 818. The number of nitrogens with zero attached hydrogens (tertiary/aromatic N) is 1. The number of imide groups is 1. The van der Waals surface area contributed by atoms with Gasteiger partial charge in [0.25, 0.3) is 5.91 Å². The summed E-state index contributed by atoms with van der Waals surface area (Å²) in [6.45, 7) is 1.98. The van der Waals surface area contributed by atoms with Gasteiger partial charge in [-0.2, -0.15) is 0 Å². The van der Waals surface area contributed by atoms with E-state index < -0.39 is 17.6 Å². The van der Waals surface area contributed by atoms with E-state index in [2.05, 4.69) is 10.6 Å². The third-order valence-corrected chi connectivity index (χ3v) is 6.12. The molecule has 1 unspecified atom stereocenters. The average Bonchev–Trinajstić information content (AvgIpc) is 2.97. The van der Waals surface area contributed by atoms with Crippen LogP contribution >= 0.6 is 0 Å². The van der Waals surface area contributed by atoms with E-state index in [1.807, 2.05) is 12.1 Å². The van der Waals surface area contributed by atoms with E-state index in [1.165, 1.54) is 0 Å². The molecule has 2 fully saturated rings. The molecule has 8 nitrogen and oxygen atoms in total. The topological polar surface area (TPSA) is 125 Å². The second-order valence-electron chi connectivity index (χ2n) is 8.18. The van der Waals surface area contributed by atoms with E-state index >= 15 is 0 Å². The van der Waals surface area contributed by atoms with Crippen molar-refractivity contribution in [1.82, 2.24) is 15.5 Å². The number of benzene rings is 1. The van der Waals surface area contributed by atoms with Crippen molar-refractivity contribution in [3.63, 3.8) is 0 Å². The first-order chi connectivity index (χ1) is 13.4. The molecule has 4 rings (SSSR count). The van der Waals surface area contributed by atoms with E-state index in [1.54, 1.807) is 11.0 Å². The predicted octanol–water partition coefficient (Wildman–Crippen LogP) is -0.363. The molecule has 0 radical (unpaired) electrons. The first kappa shape index (κ1) is 19.0. The minimum absolute atomic E-state index is 0.172.